The van der Waals surface area contributed by atoms with E-state index in [-0.39, 0.29) is 11.2 Å². The fourth-order valence-corrected chi connectivity index (χ4v) is 3.43. The Morgan fingerprint density at radius 2 is 2.24 bits per heavy atom. The van der Waals surface area contributed by atoms with Crippen LogP contribution in [0.3, 0.4) is 0 Å². The van der Waals surface area contributed by atoms with Gasteiger partial charge in [0.1, 0.15) is 0 Å². The SMILES string of the molecule is CSCc1nnc(S[C@H]2CCc3ccccc3NC2=O)o1. The lowest BCUT2D eigenvalue weighted by atomic mass is 10.1. The van der Waals surface area contributed by atoms with Gasteiger partial charge in [-0.2, -0.15) is 11.8 Å². The molecule has 110 valence electrons. The second kappa shape index (κ2) is 6.53. The molecule has 1 aliphatic heterocycles. The molecule has 1 aliphatic rings. The number of fused-ring (bicyclic) bond motifs is 1. The number of rotatable bonds is 4. The molecule has 1 N–H and O–H groups in total. The predicted molar refractivity (Wildman–Crippen MR) is 84.6 cm³/mol. The molecule has 0 radical (unpaired) electrons. The molecule has 0 aliphatic carbocycles. The second-order valence-electron chi connectivity index (χ2n) is 4.69. The lowest BCUT2D eigenvalue weighted by molar-refractivity contribution is -0.115. The zero-order chi connectivity index (χ0) is 14.7. The molecule has 1 aromatic carbocycles. The number of carbonyl (C=O) groups is 1. The minimum absolute atomic E-state index is 0.00503. The fraction of sp³-hybridized carbons (Fsp3) is 0.357. The molecule has 21 heavy (non-hydrogen) atoms. The van der Waals surface area contributed by atoms with E-state index in [1.165, 1.54) is 17.3 Å². The molecule has 7 heteroatoms. The molecule has 2 heterocycles. The van der Waals surface area contributed by atoms with Gasteiger partial charge in [0.15, 0.2) is 0 Å². The molecular formula is C14H15N3O2S2. The topological polar surface area (TPSA) is 68.0 Å². The van der Waals surface area contributed by atoms with Crippen molar-refractivity contribution in [2.24, 2.45) is 0 Å². The monoisotopic (exact) mass is 321 g/mol. The van der Waals surface area contributed by atoms with Gasteiger partial charge in [-0.25, -0.2) is 0 Å². The van der Waals surface area contributed by atoms with Crippen molar-refractivity contribution in [2.45, 2.75) is 29.1 Å². The largest absolute Gasteiger partial charge is 0.415 e. The number of nitrogens with zero attached hydrogens (tertiary/aromatic N) is 2. The first-order valence-electron chi connectivity index (χ1n) is 6.63. The van der Waals surface area contributed by atoms with Crippen LogP contribution in [0.1, 0.15) is 17.9 Å². The highest BCUT2D eigenvalue weighted by atomic mass is 32.2. The molecule has 2 aromatic rings. The normalized spacial score (nSPS) is 18.0. The Hall–Kier alpha value is -1.47. The smallest absolute Gasteiger partial charge is 0.277 e. The van der Waals surface area contributed by atoms with Crippen LogP contribution in [-0.4, -0.2) is 27.6 Å². The van der Waals surface area contributed by atoms with Crippen LogP contribution in [-0.2, 0) is 17.0 Å². The Balaban J connectivity index is 1.70. The Bertz CT molecular complexity index is 645. The van der Waals surface area contributed by atoms with Crippen LogP contribution in [0.2, 0.25) is 0 Å². The van der Waals surface area contributed by atoms with Crippen molar-refractivity contribution in [2.75, 3.05) is 11.6 Å². The highest BCUT2D eigenvalue weighted by molar-refractivity contribution is 8.00. The molecular weight excluding hydrogens is 306 g/mol. The molecule has 1 aromatic heterocycles. The molecule has 0 bridgehead atoms. The predicted octanol–water partition coefficient (Wildman–Crippen LogP) is 2.98. The highest BCUT2D eigenvalue weighted by Crippen LogP contribution is 2.31. The van der Waals surface area contributed by atoms with Crippen molar-refractivity contribution in [3.63, 3.8) is 0 Å². The molecule has 1 atom stereocenters. The van der Waals surface area contributed by atoms with Gasteiger partial charge in [-0.1, -0.05) is 30.0 Å². The summed E-state index contributed by atoms with van der Waals surface area (Å²) in [7, 11) is 0. The van der Waals surface area contributed by atoms with Crippen LogP contribution in [0, 0.1) is 0 Å². The number of benzene rings is 1. The number of para-hydroxylation sites is 1. The quantitative estimate of drug-likeness (QED) is 0.934. The van der Waals surface area contributed by atoms with Gasteiger partial charge < -0.3 is 9.73 Å². The van der Waals surface area contributed by atoms with Crippen LogP contribution < -0.4 is 5.32 Å². The standard InChI is InChI=1S/C14H15N3O2S2/c1-20-8-12-16-17-14(19-12)21-11-7-6-9-4-2-3-5-10(9)15-13(11)18/h2-5,11H,6-8H2,1H3,(H,15,18)/t11-/m0/s1. The summed E-state index contributed by atoms with van der Waals surface area (Å²) in [4.78, 5) is 12.3. The molecule has 1 amide bonds. The maximum Gasteiger partial charge on any atom is 0.277 e. The zero-order valence-electron chi connectivity index (χ0n) is 11.5. The first kappa shape index (κ1) is 14.5. The van der Waals surface area contributed by atoms with E-state index < -0.39 is 0 Å². The summed E-state index contributed by atoms with van der Waals surface area (Å²) in [5.41, 5.74) is 2.07. The van der Waals surface area contributed by atoms with E-state index in [1.54, 1.807) is 11.8 Å². The Morgan fingerprint density at radius 3 is 3.10 bits per heavy atom. The molecule has 0 saturated carbocycles. The number of thioether (sulfide) groups is 2. The molecule has 0 fully saturated rings. The molecule has 5 nitrogen and oxygen atoms in total. The molecule has 0 saturated heterocycles. The number of amides is 1. The maximum atomic E-state index is 12.3. The van der Waals surface area contributed by atoms with E-state index in [1.807, 2.05) is 30.5 Å². The van der Waals surface area contributed by atoms with Gasteiger partial charge in [0, 0.05) is 5.69 Å². The molecule has 0 spiro atoms. The van der Waals surface area contributed by atoms with Gasteiger partial charge in [-0.15, -0.1) is 10.2 Å². The summed E-state index contributed by atoms with van der Waals surface area (Å²) in [6.07, 6.45) is 3.60. The summed E-state index contributed by atoms with van der Waals surface area (Å²) in [5.74, 6) is 1.28. The summed E-state index contributed by atoms with van der Waals surface area (Å²) >= 11 is 2.97. The number of hydrogen-bond acceptors (Lipinski definition) is 6. The Morgan fingerprint density at radius 1 is 1.38 bits per heavy atom. The maximum absolute atomic E-state index is 12.3. The van der Waals surface area contributed by atoms with Crippen LogP contribution in [0.4, 0.5) is 5.69 Å². The Kier molecular flexibility index (Phi) is 4.50. The van der Waals surface area contributed by atoms with Gasteiger partial charge in [0.25, 0.3) is 5.22 Å². The first-order valence-corrected chi connectivity index (χ1v) is 8.90. The van der Waals surface area contributed by atoms with Gasteiger partial charge in [-0.05, 0) is 30.7 Å². The summed E-state index contributed by atoms with van der Waals surface area (Å²) < 4.78 is 5.53. The van der Waals surface area contributed by atoms with Crippen LogP contribution in [0.15, 0.2) is 33.9 Å². The van der Waals surface area contributed by atoms with Gasteiger partial charge in [0.05, 0.1) is 11.0 Å². The lowest BCUT2D eigenvalue weighted by Gasteiger charge is -2.09. The molecule has 0 unspecified atom stereocenters. The fourth-order valence-electron chi connectivity index (χ4n) is 2.19. The second-order valence-corrected chi connectivity index (χ2v) is 6.71. The van der Waals surface area contributed by atoms with Crippen LogP contribution in [0.25, 0.3) is 0 Å². The van der Waals surface area contributed by atoms with E-state index in [2.05, 4.69) is 15.5 Å². The average Bonchev–Trinajstić information content (AvgIpc) is 2.85. The van der Waals surface area contributed by atoms with Crippen molar-refractivity contribution in [1.82, 2.24) is 10.2 Å². The minimum Gasteiger partial charge on any atom is -0.415 e. The van der Waals surface area contributed by atoms with Crippen molar-refractivity contribution in [1.29, 1.82) is 0 Å². The number of hydrogen-bond donors (Lipinski definition) is 1. The average molecular weight is 321 g/mol. The van der Waals surface area contributed by atoms with Crippen molar-refractivity contribution < 1.29 is 9.21 Å². The van der Waals surface area contributed by atoms with Gasteiger partial charge in [-0.3, -0.25) is 4.79 Å². The lowest BCUT2D eigenvalue weighted by Crippen LogP contribution is -2.23. The summed E-state index contributed by atoms with van der Waals surface area (Å²) in [6, 6.07) is 7.90. The van der Waals surface area contributed by atoms with Gasteiger partial charge >= 0.3 is 0 Å². The zero-order valence-corrected chi connectivity index (χ0v) is 13.2. The van der Waals surface area contributed by atoms with E-state index in [9.17, 15) is 4.79 Å². The highest BCUT2D eigenvalue weighted by Gasteiger charge is 2.26. The van der Waals surface area contributed by atoms with Crippen molar-refractivity contribution in [3.05, 3.63) is 35.7 Å². The Labute approximate surface area is 131 Å². The summed E-state index contributed by atoms with van der Waals surface area (Å²) in [5, 5.41) is 11.2. The summed E-state index contributed by atoms with van der Waals surface area (Å²) in [6.45, 7) is 0. The third kappa shape index (κ3) is 3.41. The van der Waals surface area contributed by atoms with Crippen LogP contribution in [0.5, 0.6) is 0 Å². The number of aryl methyl sites for hydroxylation is 1. The van der Waals surface area contributed by atoms with Crippen molar-refractivity contribution >= 4 is 35.1 Å². The van der Waals surface area contributed by atoms with E-state index >= 15 is 0 Å². The molecule has 3 rings (SSSR count). The number of nitrogens with one attached hydrogen (secondary N) is 1. The van der Waals surface area contributed by atoms with E-state index in [0.717, 1.165) is 18.5 Å². The van der Waals surface area contributed by atoms with Crippen molar-refractivity contribution in [3.8, 4) is 0 Å². The number of anilines is 1. The number of aromatic nitrogens is 2. The van der Waals surface area contributed by atoms with Crippen LogP contribution >= 0.6 is 23.5 Å². The van der Waals surface area contributed by atoms with E-state index in [4.69, 9.17) is 4.42 Å². The minimum atomic E-state index is -0.208. The van der Waals surface area contributed by atoms with Gasteiger partial charge in [0.2, 0.25) is 11.8 Å². The third-order valence-corrected chi connectivity index (χ3v) is 4.84. The third-order valence-electron chi connectivity index (χ3n) is 3.20. The number of carbonyl (C=O) groups excluding carboxylic acids is 1. The first-order chi connectivity index (χ1) is 10.3. The van der Waals surface area contributed by atoms with E-state index in [0.29, 0.717) is 16.9 Å².